The summed E-state index contributed by atoms with van der Waals surface area (Å²) in [6, 6.07) is 12.8. The number of amides is 3. The van der Waals surface area contributed by atoms with Crippen molar-refractivity contribution in [1.29, 1.82) is 0 Å². The number of imide groups is 1. The summed E-state index contributed by atoms with van der Waals surface area (Å²) >= 11 is 0. The van der Waals surface area contributed by atoms with Gasteiger partial charge in [-0.05, 0) is 87.3 Å². The summed E-state index contributed by atoms with van der Waals surface area (Å²) < 4.78 is 76.5. The van der Waals surface area contributed by atoms with Crippen LogP contribution in [0.1, 0.15) is 88.2 Å². The lowest BCUT2D eigenvalue weighted by Crippen LogP contribution is -2.51. The van der Waals surface area contributed by atoms with Crippen LogP contribution in [0.25, 0.3) is 11.1 Å². The fraction of sp³-hybridized carbons (Fsp3) is 0.472. The van der Waals surface area contributed by atoms with Gasteiger partial charge < -0.3 is 38.6 Å². The first-order valence-electron chi connectivity index (χ1n) is 25.1. The van der Waals surface area contributed by atoms with Crippen molar-refractivity contribution in [3.05, 3.63) is 107 Å². The van der Waals surface area contributed by atoms with Gasteiger partial charge in [0.05, 0.1) is 89.1 Å². The van der Waals surface area contributed by atoms with Gasteiger partial charge in [0, 0.05) is 66.7 Å². The molecule has 3 amide bonds. The first kappa shape index (κ1) is 55.9. The van der Waals surface area contributed by atoms with Crippen LogP contribution in [-0.4, -0.2) is 140 Å². The highest BCUT2D eigenvalue weighted by molar-refractivity contribution is 6.04. The Bertz CT molecular complexity index is 2680. The van der Waals surface area contributed by atoms with Crippen LogP contribution < -0.4 is 25.0 Å². The lowest BCUT2D eigenvalue weighted by atomic mass is 10.0. The fourth-order valence-corrected chi connectivity index (χ4v) is 8.49. The minimum atomic E-state index is -4.58. The largest absolute Gasteiger partial charge is 0.494 e. The molecule has 2 fully saturated rings. The van der Waals surface area contributed by atoms with Gasteiger partial charge in [0.15, 0.2) is 0 Å². The van der Waals surface area contributed by atoms with E-state index in [4.69, 9.17) is 28.4 Å². The molecule has 22 heteroatoms. The second-order valence-electron chi connectivity index (χ2n) is 18.1. The number of unbranched alkanes of at least 4 members (excludes halogenated alkanes) is 4. The third-order valence-corrected chi connectivity index (χ3v) is 12.5. The van der Waals surface area contributed by atoms with E-state index in [0.29, 0.717) is 125 Å². The monoisotopic (exact) mass is 1040 g/mol. The fourth-order valence-electron chi connectivity index (χ4n) is 8.49. The third-order valence-electron chi connectivity index (χ3n) is 12.5. The second-order valence-corrected chi connectivity index (χ2v) is 18.1. The van der Waals surface area contributed by atoms with E-state index in [1.807, 2.05) is 41.9 Å². The SMILES string of the molecule is Cc1ncc(NC(=O)c2cccc(C(F)(F)F)c2)cc1-c1cnc(OCCOCCOCCOCc2cn(CCCCCCCOc3ccc(C=O)c(CN(C)C4CCC(=O)NC4=O)c3)nn2)c(N2CCOCC2)c1. The summed E-state index contributed by atoms with van der Waals surface area (Å²) in [5.74, 6) is -0.188. The summed E-state index contributed by atoms with van der Waals surface area (Å²) in [4.78, 5) is 61.5. The van der Waals surface area contributed by atoms with E-state index >= 15 is 0 Å². The molecule has 1 atom stereocenters. The number of likely N-dealkylation sites (N-methyl/N-ethyl adjacent to an activating group) is 1. The van der Waals surface area contributed by atoms with Crippen molar-refractivity contribution < 1.29 is 60.8 Å². The maximum Gasteiger partial charge on any atom is 0.416 e. The number of hydrogen-bond acceptors (Lipinski definition) is 16. The standard InChI is InChI=1S/C53H64F3N9O10/c1-37-46(30-43(32-57-37)59-50(68)38-9-8-10-42(27-38)53(54,55)56)40-29-48(64-16-19-70-20-17-64)52(58-31-40)75-26-25-72-22-21-71-23-24-73-36-44-34-65(62-61-44)15-6-4-3-5-7-18-74-45-12-11-39(35-66)41(28-45)33-63(2)47-13-14-49(67)60-51(47)69/h8-12,27-32,34-35,47H,3-7,13-26,33,36H2,1-2H3,(H,59,68)(H,60,67,69). The number of ether oxygens (including phenoxy) is 6. The average Bonchev–Trinajstić information content (AvgIpc) is 3.86. The molecule has 2 aliphatic rings. The van der Waals surface area contributed by atoms with Crippen LogP contribution in [0, 0.1) is 6.92 Å². The van der Waals surface area contributed by atoms with Gasteiger partial charge in [-0.2, -0.15) is 13.2 Å². The van der Waals surface area contributed by atoms with Gasteiger partial charge in [-0.1, -0.05) is 30.5 Å². The van der Waals surface area contributed by atoms with Crippen LogP contribution in [0.4, 0.5) is 24.5 Å². The van der Waals surface area contributed by atoms with E-state index < -0.39 is 23.7 Å². The molecule has 0 radical (unpaired) electrons. The highest BCUT2D eigenvalue weighted by Crippen LogP contribution is 2.34. The summed E-state index contributed by atoms with van der Waals surface area (Å²) in [7, 11) is 1.81. The Labute approximate surface area is 433 Å². The summed E-state index contributed by atoms with van der Waals surface area (Å²) in [5.41, 5.74) is 4.11. The molecule has 2 N–H and O–H groups in total. The Kier molecular flexibility index (Phi) is 21.0. The normalized spacial score (nSPS) is 15.0. The number of carbonyl (C=O) groups excluding carboxylic acids is 4. The van der Waals surface area contributed by atoms with E-state index in [-0.39, 0.29) is 30.4 Å². The molecule has 2 saturated heterocycles. The highest BCUT2D eigenvalue weighted by atomic mass is 19.4. The molecule has 19 nitrogen and oxygen atoms in total. The number of pyridine rings is 2. The zero-order valence-corrected chi connectivity index (χ0v) is 42.3. The lowest BCUT2D eigenvalue weighted by molar-refractivity contribution is -0.138. The predicted octanol–water partition coefficient (Wildman–Crippen LogP) is 6.86. The molecule has 5 aromatic rings. The topological polar surface area (TPSA) is 211 Å². The van der Waals surface area contributed by atoms with Crippen LogP contribution in [0.15, 0.2) is 73.2 Å². The third kappa shape index (κ3) is 17.1. The Balaban J connectivity index is 0.733. The number of rotatable bonds is 29. The van der Waals surface area contributed by atoms with Gasteiger partial charge in [-0.3, -0.25) is 39.1 Å². The molecule has 0 saturated carbocycles. The molecule has 3 aromatic heterocycles. The van der Waals surface area contributed by atoms with Gasteiger partial charge in [0.25, 0.3) is 5.91 Å². The van der Waals surface area contributed by atoms with Crippen molar-refractivity contribution >= 4 is 35.4 Å². The first-order valence-corrected chi connectivity index (χ1v) is 25.1. The van der Waals surface area contributed by atoms with E-state index in [1.54, 1.807) is 24.4 Å². The van der Waals surface area contributed by atoms with Crippen molar-refractivity contribution in [3.63, 3.8) is 0 Å². The molecule has 0 bridgehead atoms. The molecule has 75 heavy (non-hydrogen) atoms. The van der Waals surface area contributed by atoms with E-state index in [1.165, 1.54) is 18.3 Å². The summed E-state index contributed by atoms with van der Waals surface area (Å²) in [6.07, 6.45) is 6.89. The van der Waals surface area contributed by atoms with Crippen molar-refractivity contribution in [2.75, 3.05) is 89.8 Å². The van der Waals surface area contributed by atoms with Crippen LogP contribution >= 0.6 is 0 Å². The number of piperidine rings is 1. The molecule has 2 aliphatic heterocycles. The number of hydrogen-bond donors (Lipinski definition) is 2. The van der Waals surface area contributed by atoms with Crippen molar-refractivity contribution in [3.8, 4) is 22.8 Å². The minimum absolute atomic E-state index is 0.130. The van der Waals surface area contributed by atoms with Crippen LogP contribution in [-0.2, 0) is 54.4 Å². The van der Waals surface area contributed by atoms with E-state index in [0.717, 1.165) is 74.0 Å². The maximum absolute atomic E-state index is 13.3. The zero-order valence-electron chi connectivity index (χ0n) is 42.3. The molecule has 402 valence electrons. The second kappa shape index (κ2) is 28.2. The number of aromatic nitrogens is 5. The molecule has 5 heterocycles. The number of anilines is 2. The number of alkyl halides is 3. The van der Waals surface area contributed by atoms with Crippen LogP contribution in [0.3, 0.4) is 0 Å². The van der Waals surface area contributed by atoms with Crippen molar-refractivity contribution in [1.82, 2.24) is 35.2 Å². The number of aryl methyl sites for hydroxylation is 2. The first-order chi connectivity index (χ1) is 36.3. The molecule has 0 aliphatic carbocycles. The van der Waals surface area contributed by atoms with Crippen molar-refractivity contribution in [2.24, 2.45) is 0 Å². The number of nitrogens with zero attached hydrogens (tertiary/aromatic N) is 7. The van der Waals surface area contributed by atoms with Crippen LogP contribution in [0.5, 0.6) is 11.6 Å². The van der Waals surface area contributed by atoms with Gasteiger partial charge in [-0.25, -0.2) is 4.98 Å². The number of morpholine rings is 1. The predicted molar refractivity (Wildman–Crippen MR) is 269 cm³/mol. The number of benzene rings is 2. The summed E-state index contributed by atoms with van der Waals surface area (Å²) in [5, 5.41) is 13.5. The molecule has 1 unspecified atom stereocenters. The number of halogens is 3. The Morgan fingerprint density at radius 2 is 1.65 bits per heavy atom. The Morgan fingerprint density at radius 3 is 2.43 bits per heavy atom. The van der Waals surface area contributed by atoms with Gasteiger partial charge >= 0.3 is 6.18 Å². The highest BCUT2D eigenvalue weighted by Gasteiger charge is 2.32. The summed E-state index contributed by atoms with van der Waals surface area (Å²) in [6.45, 7) is 8.15. The number of aldehydes is 1. The Hall–Kier alpha value is -6.85. The molecule has 7 rings (SSSR count). The average molecular weight is 1040 g/mol. The van der Waals surface area contributed by atoms with Gasteiger partial charge in [0.1, 0.15) is 30.0 Å². The smallest absolute Gasteiger partial charge is 0.416 e. The number of carbonyl (C=O) groups is 4. The maximum atomic E-state index is 13.3. The zero-order chi connectivity index (χ0) is 53.0. The molecule has 2 aromatic carbocycles. The molecule has 0 spiro atoms. The van der Waals surface area contributed by atoms with Crippen molar-refractivity contribution in [2.45, 2.75) is 83.8 Å². The van der Waals surface area contributed by atoms with Gasteiger partial charge in [0.2, 0.25) is 17.7 Å². The Morgan fingerprint density at radius 1 is 0.893 bits per heavy atom. The minimum Gasteiger partial charge on any atom is -0.494 e. The van der Waals surface area contributed by atoms with Gasteiger partial charge in [-0.15, -0.1) is 5.10 Å². The van der Waals surface area contributed by atoms with E-state index in [9.17, 15) is 32.3 Å². The molecular weight excluding hydrogens is 980 g/mol. The molecular formula is C53H64F3N9O10. The quantitative estimate of drug-likeness (QED) is 0.0285. The van der Waals surface area contributed by atoms with E-state index in [2.05, 4.69) is 35.8 Å². The van der Waals surface area contributed by atoms with Crippen LogP contribution in [0.2, 0.25) is 0 Å². The number of nitrogens with one attached hydrogen (secondary N) is 2. The lowest BCUT2D eigenvalue weighted by Gasteiger charge is -2.30.